The van der Waals surface area contributed by atoms with E-state index in [1.54, 1.807) is 6.20 Å². The van der Waals surface area contributed by atoms with E-state index in [1.165, 1.54) is 6.20 Å². The number of aromatic nitrogens is 2. The second-order valence-corrected chi connectivity index (χ2v) is 4.28. The first-order valence-corrected chi connectivity index (χ1v) is 6.50. The fraction of sp³-hybridized carbons (Fsp3) is 0.286. The van der Waals surface area contributed by atoms with Crippen LogP contribution in [0, 0.1) is 0 Å². The van der Waals surface area contributed by atoms with Gasteiger partial charge in [0.1, 0.15) is 5.75 Å². The molecule has 1 aromatic heterocycles. The summed E-state index contributed by atoms with van der Waals surface area (Å²) >= 11 is 5.70. The van der Waals surface area contributed by atoms with Crippen LogP contribution in [0.1, 0.15) is 12.8 Å². The molecule has 2 rings (SSSR count). The molecule has 0 amide bonds. The van der Waals surface area contributed by atoms with Crippen molar-refractivity contribution >= 4 is 11.6 Å². The van der Waals surface area contributed by atoms with Crippen LogP contribution in [0.15, 0.2) is 42.7 Å². The van der Waals surface area contributed by atoms with E-state index in [0.717, 1.165) is 18.6 Å². The van der Waals surface area contributed by atoms with Gasteiger partial charge in [-0.15, -0.1) is 0 Å². The molecule has 0 saturated heterocycles. The predicted octanol–water partition coefficient (Wildman–Crippen LogP) is 3.37. The molecule has 0 aliphatic carbocycles. The molecular weight excluding hydrogens is 264 g/mol. The van der Waals surface area contributed by atoms with Gasteiger partial charge in [0.15, 0.2) is 5.15 Å². The summed E-state index contributed by atoms with van der Waals surface area (Å²) in [6.45, 7) is 1.25. The molecule has 0 saturated carbocycles. The molecule has 19 heavy (non-hydrogen) atoms. The van der Waals surface area contributed by atoms with Crippen LogP contribution in [-0.4, -0.2) is 23.2 Å². The number of nitrogens with zero attached hydrogens (tertiary/aromatic N) is 2. The van der Waals surface area contributed by atoms with E-state index >= 15 is 0 Å². The normalized spacial score (nSPS) is 10.2. The Balaban J connectivity index is 1.58. The first kappa shape index (κ1) is 13.6. The Labute approximate surface area is 117 Å². The van der Waals surface area contributed by atoms with Gasteiger partial charge in [0.25, 0.3) is 0 Å². The minimum Gasteiger partial charge on any atom is -0.494 e. The van der Waals surface area contributed by atoms with Gasteiger partial charge in [-0.1, -0.05) is 29.8 Å². The van der Waals surface area contributed by atoms with E-state index in [1.807, 2.05) is 30.3 Å². The molecule has 100 valence electrons. The van der Waals surface area contributed by atoms with Crippen LogP contribution in [0.3, 0.4) is 0 Å². The van der Waals surface area contributed by atoms with Crippen LogP contribution in [0.2, 0.25) is 5.15 Å². The molecule has 1 aromatic carbocycles. The fourth-order valence-corrected chi connectivity index (χ4v) is 1.62. The second-order valence-electron chi connectivity index (χ2n) is 3.90. The third-order valence-corrected chi connectivity index (χ3v) is 2.57. The Hall–Kier alpha value is -1.81. The minimum absolute atomic E-state index is 0.338. The molecule has 2 aromatic rings. The number of hydrogen-bond donors (Lipinski definition) is 0. The highest BCUT2D eigenvalue weighted by molar-refractivity contribution is 6.29. The maximum absolute atomic E-state index is 5.70. The zero-order valence-corrected chi connectivity index (χ0v) is 11.2. The molecule has 4 nitrogen and oxygen atoms in total. The van der Waals surface area contributed by atoms with Crippen molar-refractivity contribution < 1.29 is 9.47 Å². The number of benzene rings is 1. The van der Waals surface area contributed by atoms with Crippen LogP contribution in [-0.2, 0) is 0 Å². The molecule has 0 aliphatic rings. The standard InChI is InChI=1S/C14H15ClN2O2/c15-13-10-16-11-14(17-13)19-9-5-4-8-18-12-6-2-1-3-7-12/h1-3,6-7,10-11H,4-5,8-9H2. The average Bonchev–Trinajstić information content (AvgIpc) is 2.44. The van der Waals surface area contributed by atoms with Crippen molar-refractivity contribution in [2.75, 3.05) is 13.2 Å². The van der Waals surface area contributed by atoms with Crippen molar-refractivity contribution in [1.82, 2.24) is 9.97 Å². The SMILES string of the molecule is Clc1cncc(OCCCCOc2ccccc2)n1. The summed E-state index contributed by atoms with van der Waals surface area (Å²) in [5.74, 6) is 1.35. The summed E-state index contributed by atoms with van der Waals surface area (Å²) in [7, 11) is 0. The van der Waals surface area contributed by atoms with Gasteiger partial charge < -0.3 is 9.47 Å². The first-order chi connectivity index (χ1) is 9.34. The summed E-state index contributed by atoms with van der Waals surface area (Å²) in [4.78, 5) is 7.88. The summed E-state index contributed by atoms with van der Waals surface area (Å²) in [6.07, 6.45) is 4.83. The molecule has 0 aliphatic heterocycles. The zero-order valence-electron chi connectivity index (χ0n) is 10.5. The smallest absolute Gasteiger partial charge is 0.233 e. The topological polar surface area (TPSA) is 44.2 Å². The van der Waals surface area contributed by atoms with Gasteiger partial charge in [-0.3, -0.25) is 4.98 Å². The number of ether oxygens (including phenoxy) is 2. The molecule has 0 atom stereocenters. The quantitative estimate of drug-likeness (QED) is 0.729. The Bertz CT molecular complexity index is 494. The number of hydrogen-bond acceptors (Lipinski definition) is 4. The lowest BCUT2D eigenvalue weighted by atomic mass is 10.3. The monoisotopic (exact) mass is 278 g/mol. The van der Waals surface area contributed by atoms with Crippen molar-refractivity contribution in [3.05, 3.63) is 47.9 Å². The van der Waals surface area contributed by atoms with Gasteiger partial charge in [-0.25, -0.2) is 0 Å². The molecule has 0 unspecified atom stereocenters. The minimum atomic E-state index is 0.338. The van der Waals surface area contributed by atoms with Gasteiger partial charge in [-0.2, -0.15) is 4.98 Å². The van der Waals surface area contributed by atoms with E-state index in [0.29, 0.717) is 24.2 Å². The van der Waals surface area contributed by atoms with Crippen molar-refractivity contribution in [2.45, 2.75) is 12.8 Å². The van der Waals surface area contributed by atoms with E-state index < -0.39 is 0 Å². The lowest BCUT2D eigenvalue weighted by Crippen LogP contribution is -2.03. The number of rotatable bonds is 7. The third-order valence-electron chi connectivity index (χ3n) is 2.38. The van der Waals surface area contributed by atoms with Gasteiger partial charge in [0.2, 0.25) is 5.88 Å². The summed E-state index contributed by atoms with van der Waals surface area (Å²) in [6, 6.07) is 9.76. The molecule has 0 radical (unpaired) electrons. The maximum Gasteiger partial charge on any atom is 0.233 e. The first-order valence-electron chi connectivity index (χ1n) is 6.13. The van der Waals surface area contributed by atoms with Crippen LogP contribution < -0.4 is 9.47 Å². The molecule has 5 heteroatoms. The van der Waals surface area contributed by atoms with E-state index in [2.05, 4.69) is 9.97 Å². The van der Waals surface area contributed by atoms with Crippen molar-refractivity contribution in [2.24, 2.45) is 0 Å². The number of para-hydroxylation sites is 1. The number of unbranched alkanes of at least 4 members (excludes halogenated alkanes) is 1. The Kier molecular flexibility index (Phi) is 5.44. The van der Waals surface area contributed by atoms with E-state index in [9.17, 15) is 0 Å². The summed E-state index contributed by atoms with van der Waals surface area (Å²) in [5, 5.41) is 0.338. The molecule has 0 spiro atoms. The Morgan fingerprint density at radius 1 is 0.947 bits per heavy atom. The molecular formula is C14H15ClN2O2. The van der Waals surface area contributed by atoms with Crippen molar-refractivity contribution in [3.63, 3.8) is 0 Å². The van der Waals surface area contributed by atoms with Gasteiger partial charge in [0.05, 0.1) is 25.6 Å². The van der Waals surface area contributed by atoms with Crippen molar-refractivity contribution in [1.29, 1.82) is 0 Å². The molecule has 0 fully saturated rings. The highest BCUT2D eigenvalue weighted by atomic mass is 35.5. The third kappa shape index (κ3) is 5.14. The lowest BCUT2D eigenvalue weighted by Gasteiger charge is -2.06. The summed E-state index contributed by atoms with van der Waals surface area (Å²) < 4.78 is 11.0. The van der Waals surface area contributed by atoms with Gasteiger partial charge in [0, 0.05) is 0 Å². The Morgan fingerprint density at radius 2 is 1.68 bits per heavy atom. The largest absolute Gasteiger partial charge is 0.494 e. The highest BCUT2D eigenvalue weighted by Crippen LogP contribution is 2.10. The van der Waals surface area contributed by atoms with E-state index in [-0.39, 0.29) is 0 Å². The average molecular weight is 279 g/mol. The van der Waals surface area contributed by atoms with Gasteiger partial charge >= 0.3 is 0 Å². The van der Waals surface area contributed by atoms with Crippen molar-refractivity contribution in [3.8, 4) is 11.6 Å². The van der Waals surface area contributed by atoms with E-state index in [4.69, 9.17) is 21.1 Å². The molecule has 1 heterocycles. The van der Waals surface area contributed by atoms with Gasteiger partial charge in [-0.05, 0) is 25.0 Å². The zero-order chi connectivity index (χ0) is 13.3. The van der Waals surface area contributed by atoms with Crippen LogP contribution >= 0.6 is 11.6 Å². The molecule has 0 N–H and O–H groups in total. The van der Waals surface area contributed by atoms with Crippen LogP contribution in [0.25, 0.3) is 0 Å². The Morgan fingerprint density at radius 3 is 2.42 bits per heavy atom. The second kappa shape index (κ2) is 7.59. The number of halogens is 1. The maximum atomic E-state index is 5.70. The highest BCUT2D eigenvalue weighted by Gasteiger charge is 1.98. The predicted molar refractivity (Wildman–Crippen MR) is 73.7 cm³/mol. The lowest BCUT2D eigenvalue weighted by molar-refractivity contribution is 0.260. The fourth-order valence-electron chi connectivity index (χ4n) is 1.48. The summed E-state index contributed by atoms with van der Waals surface area (Å²) in [5.41, 5.74) is 0. The molecule has 0 bridgehead atoms. The van der Waals surface area contributed by atoms with Crippen LogP contribution in [0.4, 0.5) is 0 Å². The van der Waals surface area contributed by atoms with Crippen LogP contribution in [0.5, 0.6) is 11.6 Å².